The predicted octanol–water partition coefficient (Wildman–Crippen LogP) is 5.18. The van der Waals surface area contributed by atoms with Crippen molar-refractivity contribution in [2.75, 3.05) is 10.2 Å². The number of nitrogens with zero attached hydrogens (tertiary/aromatic N) is 1. The van der Waals surface area contributed by atoms with Crippen LogP contribution in [0, 0.1) is 11.6 Å². The maximum absolute atomic E-state index is 14.1. The Labute approximate surface area is 182 Å². The average molecular weight is 443 g/mol. The topological polar surface area (TPSA) is 58.6 Å². The lowest BCUT2D eigenvalue weighted by molar-refractivity contribution is -0.125. The molecule has 0 saturated carbocycles. The van der Waals surface area contributed by atoms with Crippen LogP contribution in [0.5, 0.6) is 5.75 Å². The van der Waals surface area contributed by atoms with Crippen LogP contribution in [0.2, 0.25) is 5.02 Å². The van der Waals surface area contributed by atoms with E-state index < -0.39 is 17.8 Å². The fraction of sp³-hybridized carbons (Fsp3) is 0.130. The van der Waals surface area contributed by atoms with E-state index in [1.807, 2.05) is 0 Å². The van der Waals surface area contributed by atoms with Crippen molar-refractivity contribution < 1.29 is 23.1 Å². The third kappa shape index (κ3) is 4.22. The zero-order valence-electron chi connectivity index (χ0n) is 16.4. The SMILES string of the molecule is CC1Oc2ccc(NC(=O)c3c(F)cccc3Cl)cc2N(Cc2ccc(F)cc2)C1=O. The zero-order chi connectivity index (χ0) is 22.1. The molecule has 5 nitrogen and oxygen atoms in total. The van der Waals surface area contributed by atoms with E-state index >= 15 is 0 Å². The van der Waals surface area contributed by atoms with Gasteiger partial charge in [0.1, 0.15) is 17.4 Å². The lowest BCUT2D eigenvalue weighted by atomic mass is 10.1. The molecule has 1 aliphatic heterocycles. The Morgan fingerprint density at radius 2 is 1.87 bits per heavy atom. The molecule has 1 unspecified atom stereocenters. The third-order valence-electron chi connectivity index (χ3n) is 4.87. The van der Waals surface area contributed by atoms with Crippen molar-refractivity contribution >= 4 is 34.8 Å². The van der Waals surface area contributed by atoms with Crippen LogP contribution in [-0.2, 0) is 11.3 Å². The number of ether oxygens (including phenoxy) is 1. The highest BCUT2D eigenvalue weighted by molar-refractivity contribution is 6.34. The molecule has 1 aliphatic rings. The lowest BCUT2D eigenvalue weighted by Crippen LogP contribution is -2.44. The number of benzene rings is 3. The monoisotopic (exact) mass is 442 g/mol. The van der Waals surface area contributed by atoms with E-state index in [4.69, 9.17) is 16.3 Å². The number of fused-ring (bicyclic) bond motifs is 1. The molecule has 3 aromatic carbocycles. The predicted molar refractivity (Wildman–Crippen MR) is 113 cm³/mol. The van der Waals surface area contributed by atoms with Gasteiger partial charge in [-0.25, -0.2) is 8.78 Å². The van der Waals surface area contributed by atoms with Crippen molar-refractivity contribution in [3.8, 4) is 5.75 Å². The first kappa shape index (κ1) is 20.8. The van der Waals surface area contributed by atoms with E-state index in [-0.39, 0.29) is 28.9 Å². The highest BCUT2D eigenvalue weighted by Gasteiger charge is 2.32. The summed E-state index contributed by atoms with van der Waals surface area (Å²) in [5.74, 6) is -1.66. The van der Waals surface area contributed by atoms with Crippen molar-refractivity contribution in [2.45, 2.75) is 19.6 Å². The minimum atomic E-state index is -0.742. The molecule has 1 atom stereocenters. The first-order valence-corrected chi connectivity index (χ1v) is 9.83. The van der Waals surface area contributed by atoms with Gasteiger partial charge in [0.25, 0.3) is 11.8 Å². The number of carbonyl (C=O) groups excluding carboxylic acids is 2. The number of carbonyl (C=O) groups is 2. The van der Waals surface area contributed by atoms with E-state index in [2.05, 4.69) is 5.32 Å². The molecule has 0 aromatic heterocycles. The Morgan fingerprint density at radius 1 is 1.13 bits per heavy atom. The molecule has 2 amide bonds. The molecular weight excluding hydrogens is 426 g/mol. The molecule has 0 radical (unpaired) electrons. The summed E-state index contributed by atoms with van der Waals surface area (Å²) in [6.07, 6.45) is -0.703. The van der Waals surface area contributed by atoms with Gasteiger partial charge < -0.3 is 15.0 Å². The van der Waals surface area contributed by atoms with E-state index in [1.54, 1.807) is 37.3 Å². The summed E-state index contributed by atoms with van der Waals surface area (Å²) >= 11 is 5.97. The summed E-state index contributed by atoms with van der Waals surface area (Å²) in [7, 11) is 0. The van der Waals surface area contributed by atoms with Gasteiger partial charge in [0.15, 0.2) is 6.10 Å². The number of hydrogen-bond acceptors (Lipinski definition) is 3. The van der Waals surface area contributed by atoms with Gasteiger partial charge in [-0.15, -0.1) is 0 Å². The van der Waals surface area contributed by atoms with Gasteiger partial charge in [0, 0.05) is 5.69 Å². The zero-order valence-corrected chi connectivity index (χ0v) is 17.1. The molecule has 4 rings (SSSR count). The maximum Gasteiger partial charge on any atom is 0.268 e. The second-order valence-corrected chi connectivity index (χ2v) is 7.45. The number of amides is 2. The molecule has 0 fully saturated rings. The van der Waals surface area contributed by atoms with E-state index in [0.717, 1.165) is 11.6 Å². The van der Waals surface area contributed by atoms with E-state index in [1.165, 1.54) is 29.2 Å². The van der Waals surface area contributed by atoms with Crippen LogP contribution in [0.25, 0.3) is 0 Å². The average Bonchev–Trinajstić information content (AvgIpc) is 2.73. The maximum atomic E-state index is 14.1. The largest absolute Gasteiger partial charge is 0.479 e. The highest BCUT2D eigenvalue weighted by Crippen LogP contribution is 2.37. The Bertz CT molecular complexity index is 1150. The second kappa shape index (κ2) is 8.35. The van der Waals surface area contributed by atoms with Crippen LogP contribution in [-0.4, -0.2) is 17.9 Å². The lowest BCUT2D eigenvalue weighted by Gasteiger charge is -2.33. The summed E-state index contributed by atoms with van der Waals surface area (Å²) < 4.78 is 33.0. The molecule has 1 heterocycles. The molecule has 0 spiro atoms. The molecule has 3 aromatic rings. The van der Waals surface area contributed by atoms with E-state index in [9.17, 15) is 18.4 Å². The van der Waals surface area contributed by atoms with E-state index in [0.29, 0.717) is 17.1 Å². The van der Waals surface area contributed by atoms with Crippen LogP contribution in [0.3, 0.4) is 0 Å². The number of rotatable bonds is 4. The van der Waals surface area contributed by atoms with Gasteiger partial charge in [0.2, 0.25) is 0 Å². The summed E-state index contributed by atoms with van der Waals surface area (Å²) in [5, 5.41) is 2.59. The molecule has 0 aliphatic carbocycles. The van der Waals surface area contributed by atoms with Crippen molar-refractivity contribution in [1.29, 1.82) is 0 Å². The van der Waals surface area contributed by atoms with Crippen LogP contribution < -0.4 is 15.0 Å². The Balaban J connectivity index is 1.65. The quantitative estimate of drug-likeness (QED) is 0.605. The molecule has 31 heavy (non-hydrogen) atoms. The Kier molecular flexibility index (Phi) is 5.61. The van der Waals surface area contributed by atoms with Crippen LogP contribution in [0.1, 0.15) is 22.8 Å². The second-order valence-electron chi connectivity index (χ2n) is 7.04. The van der Waals surface area contributed by atoms with Crippen LogP contribution in [0.15, 0.2) is 60.7 Å². The fourth-order valence-electron chi connectivity index (χ4n) is 3.33. The molecule has 0 bridgehead atoms. The van der Waals surface area contributed by atoms with Gasteiger partial charge in [-0.1, -0.05) is 29.8 Å². The third-order valence-corrected chi connectivity index (χ3v) is 5.18. The first-order valence-electron chi connectivity index (χ1n) is 9.45. The van der Waals surface area contributed by atoms with Gasteiger partial charge >= 0.3 is 0 Å². The first-order chi connectivity index (χ1) is 14.8. The number of anilines is 2. The highest BCUT2D eigenvalue weighted by atomic mass is 35.5. The summed E-state index contributed by atoms with van der Waals surface area (Å²) in [6.45, 7) is 1.83. The summed E-state index contributed by atoms with van der Waals surface area (Å²) in [6, 6.07) is 14.6. The normalized spacial score (nSPS) is 15.3. The number of halogens is 3. The standard InChI is InChI=1S/C23H17ClF2N2O3/c1-13-23(30)28(12-14-5-7-15(25)8-6-14)19-11-16(9-10-20(19)31-13)27-22(29)21-17(24)3-2-4-18(21)26/h2-11,13H,12H2,1H3,(H,27,29). The van der Waals surface area contributed by atoms with Crippen molar-refractivity contribution in [3.05, 3.63) is 88.4 Å². The number of nitrogens with one attached hydrogen (secondary N) is 1. The Morgan fingerprint density at radius 3 is 2.58 bits per heavy atom. The van der Waals surface area contributed by atoms with Gasteiger partial charge in [-0.05, 0) is 55.0 Å². The van der Waals surface area contributed by atoms with Crippen molar-refractivity contribution in [2.24, 2.45) is 0 Å². The fourth-order valence-corrected chi connectivity index (χ4v) is 3.58. The minimum Gasteiger partial charge on any atom is -0.479 e. The smallest absolute Gasteiger partial charge is 0.268 e. The van der Waals surface area contributed by atoms with Gasteiger partial charge in [-0.2, -0.15) is 0 Å². The van der Waals surface area contributed by atoms with Crippen molar-refractivity contribution in [1.82, 2.24) is 0 Å². The molecular formula is C23H17ClF2N2O3. The van der Waals surface area contributed by atoms with Crippen LogP contribution >= 0.6 is 11.6 Å². The van der Waals surface area contributed by atoms with Crippen LogP contribution in [0.4, 0.5) is 20.2 Å². The van der Waals surface area contributed by atoms with Gasteiger partial charge in [-0.3, -0.25) is 9.59 Å². The summed E-state index contributed by atoms with van der Waals surface area (Å²) in [5.41, 5.74) is 1.22. The molecule has 8 heteroatoms. The minimum absolute atomic E-state index is 0.0132. The molecule has 0 saturated heterocycles. The summed E-state index contributed by atoms with van der Waals surface area (Å²) in [4.78, 5) is 26.8. The van der Waals surface area contributed by atoms with Gasteiger partial charge in [0.05, 0.1) is 22.8 Å². The molecule has 1 N–H and O–H groups in total. The Hall–Kier alpha value is -3.45. The van der Waals surface area contributed by atoms with Crippen molar-refractivity contribution in [3.63, 3.8) is 0 Å². The molecule has 158 valence electrons. The number of hydrogen-bond donors (Lipinski definition) is 1.